The quantitative estimate of drug-likeness (QED) is 0.198. The van der Waals surface area contributed by atoms with Gasteiger partial charge in [-0.05, 0) is 25.0 Å². The number of β-lactam (4-membered cyclic amide) rings is 1. The fourth-order valence-corrected chi connectivity index (χ4v) is 5.22. The Labute approximate surface area is 200 Å². The predicted molar refractivity (Wildman–Crippen MR) is 122 cm³/mol. The van der Waals surface area contributed by atoms with Gasteiger partial charge in [0.2, 0.25) is 0 Å². The number of carboxylic acid groups (broad SMARTS) is 1. The van der Waals surface area contributed by atoms with Crippen LogP contribution in [0.25, 0.3) is 0 Å². The van der Waals surface area contributed by atoms with E-state index in [0.717, 1.165) is 16.2 Å². The van der Waals surface area contributed by atoms with Crippen molar-refractivity contribution in [2.24, 2.45) is 5.16 Å². The van der Waals surface area contributed by atoms with Gasteiger partial charge in [-0.25, -0.2) is 14.2 Å². The van der Waals surface area contributed by atoms with E-state index in [-0.39, 0.29) is 28.8 Å². The van der Waals surface area contributed by atoms with E-state index in [2.05, 4.69) is 20.4 Å². The van der Waals surface area contributed by atoms with Gasteiger partial charge in [0.15, 0.2) is 10.8 Å². The Morgan fingerprint density at radius 2 is 2.18 bits per heavy atom. The highest BCUT2D eigenvalue weighted by molar-refractivity contribution is 8.03. The number of pyridine rings is 1. The van der Waals surface area contributed by atoms with Crippen molar-refractivity contribution >= 4 is 51.7 Å². The Balaban J connectivity index is 1.52. The van der Waals surface area contributed by atoms with Crippen LogP contribution in [0.5, 0.6) is 0 Å². The molecule has 1 fully saturated rings. The van der Waals surface area contributed by atoms with E-state index >= 15 is 0 Å². The number of aromatic nitrogens is 2. The van der Waals surface area contributed by atoms with E-state index in [9.17, 15) is 23.9 Å². The number of nitrogens with one attached hydrogen (secondary N) is 1. The van der Waals surface area contributed by atoms with Crippen molar-refractivity contribution in [2.75, 3.05) is 19.0 Å². The van der Waals surface area contributed by atoms with Crippen molar-refractivity contribution in [3.8, 4) is 0 Å². The number of nitrogens with zero attached hydrogens (tertiary/aromatic N) is 4. The smallest absolute Gasteiger partial charge is 0.353 e. The van der Waals surface area contributed by atoms with Crippen LogP contribution < -0.4 is 11.1 Å². The number of alkyl halides is 1. The molecule has 1 saturated heterocycles. The number of carbonyl (C=O) groups is 3. The third-order valence-corrected chi connectivity index (χ3v) is 6.90. The van der Waals surface area contributed by atoms with Crippen molar-refractivity contribution in [2.45, 2.75) is 29.8 Å². The fourth-order valence-electron chi connectivity index (χ4n) is 3.63. The second kappa shape index (κ2) is 10.2. The number of fused-ring (bicyclic) bond motifs is 1. The molecule has 178 valence electrons. The van der Waals surface area contributed by atoms with E-state index in [4.69, 9.17) is 10.6 Å². The van der Waals surface area contributed by atoms with E-state index in [1.54, 1.807) is 24.5 Å². The molecule has 11 nitrogen and oxygen atoms in total. The fraction of sp³-hybridized carbons (Fsp3) is 0.300. The number of hydrogen-bond acceptors (Lipinski definition) is 10. The lowest BCUT2D eigenvalue weighted by atomic mass is 9.86. The molecule has 0 aliphatic carbocycles. The topological polar surface area (TPSA) is 160 Å². The maximum absolute atomic E-state index is 12.9. The number of rotatable bonds is 9. The molecule has 14 heteroatoms. The molecule has 4 N–H and O–H groups in total. The number of thioether (sulfide) groups is 1. The number of hydrogen-bond donors (Lipinski definition) is 3. The van der Waals surface area contributed by atoms with Crippen molar-refractivity contribution in [3.05, 3.63) is 46.2 Å². The first-order valence-corrected chi connectivity index (χ1v) is 11.8. The highest BCUT2D eigenvalue weighted by Gasteiger charge is 2.53. The molecule has 2 aromatic heterocycles. The minimum absolute atomic E-state index is 0.0963. The Morgan fingerprint density at radius 1 is 1.41 bits per heavy atom. The number of aliphatic carboxylic acids is 1. The summed E-state index contributed by atoms with van der Waals surface area (Å²) in [6.45, 7) is -1.17. The maximum Gasteiger partial charge on any atom is 0.353 e. The molecule has 2 aromatic rings. The van der Waals surface area contributed by atoms with E-state index in [1.807, 2.05) is 0 Å². The standard InChI is InChI=1S/C20H19FN6O5S2/c21-5-8-32-26-14(11-9-33-20(22)24-11)17(28)25-15-12-1-2-13(34-10-3-6-23-7-4-10)16(19(30)31)27(12)18(15)29/h3-4,6-7,9,12,15H,1-2,5,8H2,(H2,22,24)(H,25,28)(H,30,31)/b26-14+/t12-,15+/m1/s1. The molecule has 2 aliphatic rings. The lowest BCUT2D eigenvalue weighted by Gasteiger charge is -2.50. The van der Waals surface area contributed by atoms with Crippen LogP contribution in [0.15, 0.2) is 50.6 Å². The Morgan fingerprint density at radius 3 is 2.82 bits per heavy atom. The van der Waals surface area contributed by atoms with Crippen LogP contribution in [0.3, 0.4) is 0 Å². The number of oxime groups is 1. The molecule has 0 saturated carbocycles. The number of nitrogens with two attached hydrogens (primary N) is 1. The van der Waals surface area contributed by atoms with Gasteiger partial charge in [0.25, 0.3) is 11.8 Å². The highest BCUT2D eigenvalue weighted by Crippen LogP contribution is 2.43. The lowest BCUT2D eigenvalue weighted by molar-refractivity contribution is -0.155. The number of amides is 2. The number of anilines is 1. The second-order valence-electron chi connectivity index (χ2n) is 7.16. The average molecular weight is 507 g/mol. The highest BCUT2D eigenvalue weighted by atomic mass is 32.2. The molecule has 4 rings (SSSR count). The van der Waals surface area contributed by atoms with E-state index in [1.165, 1.54) is 22.0 Å². The zero-order valence-electron chi connectivity index (χ0n) is 17.5. The lowest BCUT2D eigenvalue weighted by Crippen LogP contribution is -2.72. The number of halogens is 1. The van der Waals surface area contributed by atoms with Crippen molar-refractivity contribution in [1.82, 2.24) is 20.2 Å². The normalized spacial score (nSPS) is 20.0. The molecule has 2 amide bonds. The summed E-state index contributed by atoms with van der Waals surface area (Å²) in [5, 5.41) is 17.7. The van der Waals surface area contributed by atoms with Crippen LogP contribution in [0.2, 0.25) is 0 Å². The SMILES string of the molecule is Nc1nc(/C(=N\OCCF)C(=O)N[C@@H]2C(=O)N3C(C(=O)O)=C(Sc4ccncc4)CC[C@H]23)cs1. The van der Waals surface area contributed by atoms with E-state index < -0.39 is 36.5 Å². The molecular formula is C20H19FN6O5S2. The number of carboxylic acids is 1. The first kappa shape index (κ1) is 23.6. The Kier molecular flexibility index (Phi) is 7.07. The number of nitrogen functional groups attached to an aromatic ring is 1. The van der Waals surface area contributed by atoms with Gasteiger partial charge in [0, 0.05) is 27.6 Å². The van der Waals surface area contributed by atoms with E-state index in [0.29, 0.717) is 17.7 Å². The molecule has 0 spiro atoms. The van der Waals surface area contributed by atoms with Crippen LogP contribution in [0.4, 0.5) is 9.52 Å². The summed E-state index contributed by atoms with van der Waals surface area (Å²) < 4.78 is 12.4. The van der Waals surface area contributed by atoms with Crippen LogP contribution in [-0.2, 0) is 19.2 Å². The minimum atomic E-state index is -1.22. The number of allylic oxidation sites excluding steroid dienone is 1. The zero-order chi connectivity index (χ0) is 24.2. The summed E-state index contributed by atoms with van der Waals surface area (Å²) in [6, 6.07) is 2.03. The zero-order valence-corrected chi connectivity index (χ0v) is 19.1. The largest absolute Gasteiger partial charge is 0.477 e. The van der Waals surface area contributed by atoms with Gasteiger partial charge < -0.3 is 21.0 Å². The van der Waals surface area contributed by atoms with Crippen molar-refractivity contribution < 1.29 is 28.7 Å². The van der Waals surface area contributed by atoms with Crippen LogP contribution in [0, 0.1) is 0 Å². The van der Waals surface area contributed by atoms with Gasteiger partial charge in [-0.15, -0.1) is 11.3 Å². The summed E-state index contributed by atoms with van der Waals surface area (Å²) >= 11 is 2.34. The van der Waals surface area contributed by atoms with Crippen LogP contribution in [0.1, 0.15) is 18.5 Å². The summed E-state index contributed by atoms with van der Waals surface area (Å²) in [6.07, 6.45) is 4.07. The predicted octanol–water partition coefficient (Wildman–Crippen LogP) is 1.39. The maximum atomic E-state index is 12.9. The third-order valence-electron chi connectivity index (χ3n) is 5.08. The minimum Gasteiger partial charge on any atom is -0.477 e. The Hall–Kier alpha value is -3.52. The number of carbonyl (C=O) groups excluding carboxylic acids is 2. The molecule has 4 heterocycles. The second-order valence-corrected chi connectivity index (χ2v) is 9.22. The molecule has 34 heavy (non-hydrogen) atoms. The van der Waals surface area contributed by atoms with Crippen LogP contribution >= 0.6 is 23.1 Å². The monoisotopic (exact) mass is 506 g/mol. The summed E-state index contributed by atoms with van der Waals surface area (Å²) in [5.41, 5.74) is 5.39. The molecule has 2 aliphatic heterocycles. The molecule has 2 atom stereocenters. The molecule has 0 bridgehead atoms. The summed E-state index contributed by atoms with van der Waals surface area (Å²) in [7, 11) is 0. The van der Waals surface area contributed by atoms with Gasteiger partial charge in [0.05, 0.1) is 6.04 Å². The van der Waals surface area contributed by atoms with Gasteiger partial charge in [-0.3, -0.25) is 19.5 Å². The average Bonchev–Trinajstić information content (AvgIpc) is 3.26. The van der Waals surface area contributed by atoms with Crippen molar-refractivity contribution in [3.63, 3.8) is 0 Å². The first-order chi connectivity index (χ1) is 16.4. The molecule has 0 aromatic carbocycles. The Bertz CT molecular complexity index is 1170. The third kappa shape index (κ3) is 4.72. The summed E-state index contributed by atoms with van der Waals surface area (Å²) in [4.78, 5) is 53.1. The molecular weight excluding hydrogens is 487 g/mol. The summed E-state index contributed by atoms with van der Waals surface area (Å²) in [5.74, 6) is -2.54. The van der Waals surface area contributed by atoms with Gasteiger partial charge >= 0.3 is 5.97 Å². The number of thiazole rings is 1. The van der Waals surface area contributed by atoms with Gasteiger partial charge in [0.1, 0.15) is 30.7 Å². The first-order valence-electron chi connectivity index (χ1n) is 10.1. The van der Waals surface area contributed by atoms with Crippen LogP contribution in [-0.4, -0.2) is 68.8 Å². The molecule has 0 unspecified atom stereocenters. The van der Waals surface area contributed by atoms with Gasteiger partial charge in [-0.1, -0.05) is 16.9 Å². The van der Waals surface area contributed by atoms with Crippen molar-refractivity contribution in [1.29, 1.82) is 0 Å². The van der Waals surface area contributed by atoms with Gasteiger partial charge in [-0.2, -0.15) is 0 Å². The molecule has 0 radical (unpaired) electrons.